The van der Waals surface area contributed by atoms with Crippen molar-refractivity contribution in [2.75, 3.05) is 23.0 Å². The number of hydrogen-bond donors (Lipinski definition) is 3. The van der Waals surface area contributed by atoms with Crippen molar-refractivity contribution in [1.29, 1.82) is 0 Å². The van der Waals surface area contributed by atoms with Crippen molar-refractivity contribution in [2.24, 2.45) is 0 Å². The molecule has 0 saturated heterocycles. The standard InChI is InChI=1S/C12H13N3.C11H9N3O2/c1-13-11-8-5-9-14-12(11)15-10-6-3-2-4-7-10;15-14(16)10-7-4-8-12-11(10)13-9-5-2-1-3-6-9/h2-9,13H,1H3,(H,14,15);1-8H,(H,12,13). The van der Waals surface area contributed by atoms with Gasteiger partial charge in [0.25, 0.3) is 0 Å². The summed E-state index contributed by atoms with van der Waals surface area (Å²) in [6, 6.07) is 26.0. The van der Waals surface area contributed by atoms with Gasteiger partial charge in [-0.2, -0.15) is 0 Å². The molecule has 2 heterocycles. The van der Waals surface area contributed by atoms with Crippen molar-refractivity contribution in [3.8, 4) is 0 Å². The maximum Gasteiger partial charge on any atom is 0.311 e. The smallest absolute Gasteiger partial charge is 0.311 e. The molecule has 0 amide bonds. The van der Waals surface area contributed by atoms with Crippen LogP contribution in [0.3, 0.4) is 0 Å². The second-order valence-corrected chi connectivity index (χ2v) is 6.26. The first-order chi connectivity index (χ1) is 15.2. The van der Waals surface area contributed by atoms with Crippen LogP contribution in [0.2, 0.25) is 0 Å². The van der Waals surface area contributed by atoms with Gasteiger partial charge in [0, 0.05) is 36.9 Å². The highest BCUT2D eigenvalue weighted by Gasteiger charge is 2.13. The van der Waals surface area contributed by atoms with Crippen molar-refractivity contribution in [1.82, 2.24) is 9.97 Å². The molecule has 2 aromatic heterocycles. The molecule has 8 nitrogen and oxygen atoms in total. The van der Waals surface area contributed by atoms with E-state index in [1.807, 2.05) is 79.8 Å². The number of anilines is 5. The topological polar surface area (TPSA) is 105 Å². The first-order valence-corrected chi connectivity index (χ1v) is 9.53. The fourth-order valence-electron chi connectivity index (χ4n) is 2.66. The quantitative estimate of drug-likeness (QED) is 0.278. The molecule has 31 heavy (non-hydrogen) atoms. The number of nitrogens with one attached hydrogen (secondary N) is 3. The van der Waals surface area contributed by atoms with E-state index in [0.29, 0.717) is 0 Å². The molecule has 0 bridgehead atoms. The Morgan fingerprint density at radius 3 is 1.77 bits per heavy atom. The van der Waals surface area contributed by atoms with Gasteiger partial charge in [-0.1, -0.05) is 36.4 Å². The molecule has 0 saturated carbocycles. The van der Waals surface area contributed by atoms with Gasteiger partial charge in [-0.05, 0) is 42.5 Å². The van der Waals surface area contributed by atoms with E-state index in [1.54, 1.807) is 6.20 Å². The number of hydrogen-bond acceptors (Lipinski definition) is 7. The van der Waals surface area contributed by atoms with Crippen LogP contribution in [0.15, 0.2) is 97.3 Å². The van der Waals surface area contributed by atoms with Gasteiger partial charge in [0.15, 0.2) is 5.82 Å². The number of pyridine rings is 2. The van der Waals surface area contributed by atoms with Crippen LogP contribution < -0.4 is 16.0 Å². The Balaban J connectivity index is 0.000000176. The molecule has 0 fully saturated rings. The van der Waals surface area contributed by atoms with E-state index in [4.69, 9.17) is 0 Å². The lowest BCUT2D eigenvalue weighted by atomic mass is 10.3. The number of benzene rings is 2. The average molecular weight is 414 g/mol. The van der Waals surface area contributed by atoms with Crippen LogP contribution in [-0.4, -0.2) is 21.9 Å². The Kier molecular flexibility index (Phi) is 7.48. The van der Waals surface area contributed by atoms with Crippen LogP contribution >= 0.6 is 0 Å². The van der Waals surface area contributed by atoms with Crippen molar-refractivity contribution in [3.05, 3.63) is 107 Å². The van der Waals surface area contributed by atoms with Gasteiger partial charge in [0.05, 0.1) is 10.6 Å². The summed E-state index contributed by atoms with van der Waals surface area (Å²) < 4.78 is 0. The van der Waals surface area contributed by atoms with Crippen LogP contribution in [0.5, 0.6) is 0 Å². The van der Waals surface area contributed by atoms with Gasteiger partial charge in [-0.25, -0.2) is 9.97 Å². The molecule has 4 rings (SSSR count). The van der Waals surface area contributed by atoms with Gasteiger partial charge in [-0.3, -0.25) is 10.1 Å². The van der Waals surface area contributed by atoms with Crippen LogP contribution in [0.4, 0.5) is 34.4 Å². The maximum absolute atomic E-state index is 10.7. The lowest BCUT2D eigenvalue weighted by Crippen LogP contribution is -1.98. The SMILES string of the molecule is CNc1cccnc1Nc1ccccc1.O=[N+]([O-])c1cccnc1Nc1ccccc1. The van der Waals surface area contributed by atoms with Crippen molar-refractivity contribution >= 4 is 34.4 Å². The summed E-state index contributed by atoms with van der Waals surface area (Å²) in [5.41, 5.74) is 2.75. The molecule has 3 N–H and O–H groups in total. The molecule has 0 spiro atoms. The third kappa shape index (κ3) is 6.26. The monoisotopic (exact) mass is 414 g/mol. The summed E-state index contributed by atoms with van der Waals surface area (Å²) in [6.45, 7) is 0. The lowest BCUT2D eigenvalue weighted by molar-refractivity contribution is -0.384. The zero-order valence-electron chi connectivity index (χ0n) is 16.9. The Morgan fingerprint density at radius 2 is 1.23 bits per heavy atom. The molecule has 4 aromatic rings. The number of nitrogens with zero attached hydrogens (tertiary/aromatic N) is 3. The predicted octanol–water partition coefficient (Wildman–Crippen LogP) is 5.60. The Morgan fingerprint density at radius 1 is 0.710 bits per heavy atom. The zero-order valence-corrected chi connectivity index (χ0v) is 16.9. The molecule has 156 valence electrons. The van der Waals surface area contributed by atoms with Crippen molar-refractivity contribution in [2.45, 2.75) is 0 Å². The van der Waals surface area contributed by atoms with Gasteiger partial charge in [-0.15, -0.1) is 0 Å². The van der Waals surface area contributed by atoms with E-state index >= 15 is 0 Å². The molecular formula is C23H22N6O2. The third-order valence-electron chi connectivity index (χ3n) is 4.13. The Labute approximate surface area is 180 Å². The maximum atomic E-state index is 10.7. The molecule has 0 aliphatic heterocycles. The number of rotatable bonds is 6. The fraction of sp³-hybridized carbons (Fsp3) is 0.0435. The van der Waals surface area contributed by atoms with E-state index in [-0.39, 0.29) is 11.5 Å². The Bertz CT molecular complexity index is 1110. The minimum Gasteiger partial charge on any atom is -0.385 e. The van der Waals surface area contributed by atoms with E-state index < -0.39 is 4.92 Å². The van der Waals surface area contributed by atoms with Gasteiger partial charge in [0.1, 0.15) is 0 Å². The first kappa shape index (κ1) is 21.3. The second kappa shape index (κ2) is 10.9. The van der Waals surface area contributed by atoms with E-state index in [2.05, 4.69) is 25.9 Å². The van der Waals surface area contributed by atoms with E-state index in [1.165, 1.54) is 18.3 Å². The first-order valence-electron chi connectivity index (χ1n) is 9.53. The molecule has 0 radical (unpaired) electrons. The predicted molar refractivity (Wildman–Crippen MR) is 124 cm³/mol. The highest BCUT2D eigenvalue weighted by atomic mass is 16.6. The molecule has 0 unspecified atom stereocenters. The van der Waals surface area contributed by atoms with Crippen LogP contribution in [0.1, 0.15) is 0 Å². The fourth-order valence-corrected chi connectivity index (χ4v) is 2.66. The summed E-state index contributed by atoms with van der Waals surface area (Å²) in [6.07, 6.45) is 3.28. The summed E-state index contributed by atoms with van der Waals surface area (Å²) in [4.78, 5) is 18.5. The molecular weight excluding hydrogens is 392 g/mol. The lowest BCUT2D eigenvalue weighted by Gasteiger charge is -2.09. The highest BCUT2D eigenvalue weighted by molar-refractivity contribution is 5.70. The second-order valence-electron chi connectivity index (χ2n) is 6.26. The van der Waals surface area contributed by atoms with Crippen molar-refractivity contribution in [3.63, 3.8) is 0 Å². The van der Waals surface area contributed by atoms with Gasteiger partial charge in [0.2, 0.25) is 5.82 Å². The largest absolute Gasteiger partial charge is 0.385 e. The highest BCUT2D eigenvalue weighted by Crippen LogP contribution is 2.24. The van der Waals surface area contributed by atoms with Crippen LogP contribution in [0.25, 0.3) is 0 Å². The molecule has 0 aliphatic rings. The third-order valence-corrected chi connectivity index (χ3v) is 4.13. The molecule has 2 aromatic carbocycles. The number of nitro groups is 1. The normalized spacial score (nSPS) is 9.71. The Hall–Kier alpha value is -4.46. The van der Waals surface area contributed by atoms with Gasteiger partial charge >= 0.3 is 5.69 Å². The van der Waals surface area contributed by atoms with E-state index in [9.17, 15) is 10.1 Å². The zero-order chi connectivity index (χ0) is 21.9. The summed E-state index contributed by atoms with van der Waals surface area (Å²) in [5.74, 6) is 1.09. The molecule has 0 aliphatic carbocycles. The molecule has 8 heteroatoms. The minimum absolute atomic E-state index is 0.0358. The molecule has 0 atom stereocenters. The summed E-state index contributed by atoms with van der Waals surface area (Å²) in [5, 5.41) is 20.0. The van der Waals surface area contributed by atoms with E-state index in [0.717, 1.165) is 22.9 Å². The van der Waals surface area contributed by atoms with Crippen molar-refractivity contribution < 1.29 is 4.92 Å². The minimum atomic E-state index is -0.460. The number of para-hydroxylation sites is 2. The van der Waals surface area contributed by atoms with Gasteiger partial charge < -0.3 is 16.0 Å². The summed E-state index contributed by atoms with van der Waals surface area (Å²) >= 11 is 0. The van der Waals surface area contributed by atoms with Crippen LogP contribution in [0, 0.1) is 10.1 Å². The summed E-state index contributed by atoms with van der Waals surface area (Å²) in [7, 11) is 1.88. The average Bonchev–Trinajstić information content (AvgIpc) is 2.81. The number of aromatic nitrogens is 2. The van der Waals surface area contributed by atoms with Crippen LogP contribution in [-0.2, 0) is 0 Å².